The molecule has 1 aromatic carbocycles. The van der Waals surface area contributed by atoms with Crippen LogP contribution in [-0.2, 0) is 6.42 Å². The van der Waals surface area contributed by atoms with Gasteiger partial charge in [-0.2, -0.15) is 13.2 Å². The van der Waals surface area contributed by atoms with E-state index in [2.05, 4.69) is 15.6 Å². The van der Waals surface area contributed by atoms with Gasteiger partial charge in [-0.1, -0.05) is 12.1 Å². The van der Waals surface area contributed by atoms with Crippen molar-refractivity contribution in [3.63, 3.8) is 0 Å². The van der Waals surface area contributed by atoms with E-state index in [-0.39, 0.29) is 30.5 Å². The Morgan fingerprint density at radius 1 is 1.08 bits per heavy atom. The predicted octanol–water partition coefficient (Wildman–Crippen LogP) is 3.75. The second kappa shape index (κ2) is 12.2. The molecule has 0 aliphatic rings. The Kier molecular flexibility index (Phi) is 11.6. The first-order valence-corrected chi connectivity index (χ1v) is 7.59. The van der Waals surface area contributed by atoms with Crippen LogP contribution in [0, 0.1) is 0 Å². The molecule has 0 spiro atoms. The van der Waals surface area contributed by atoms with Gasteiger partial charge < -0.3 is 15.4 Å². The lowest BCUT2D eigenvalue weighted by molar-refractivity contribution is -0.132. The van der Waals surface area contributed by atoms with E-state index in [1.165, 1.54) is 5.56 Å². The highest BCUT2D eigenvalue weighted by atomic mass is 127. The van der Waals surface area contributed by atoms with Crippen molar-refractivity contribution in [2.24, 2.45) is 4.99 Å². The maximum atomic E-state index is 12.1. The maximum absolute atomic E-state index is 12.1. The number of hydrogen-bond acceptors (Lipinski definition) is 2. The fraction of sp³-hybridized carbons (Fsp3) is 0.562. The molecule has 0 amide bonds. The molecule has 0 radical (unpaired) electrons. The smallest absolute Gasteiger partial charge is 0.390 e. The molecule has 1 rings (SSSR count). The first-order valence-electron chi connectivity index (χ1n) is 7.59. The van der Waals surface area contributed by atoms with Crippen LogP contribution < -0.4 is 15.4 Å². The third-order valence-corrected chi connectivity index (χ3v) is 3.27. The normalized spacial score (nSPS) is 11.6. The summed E-state index contributed by atoms with van der Waals surface area (Å²) in [6.45, 7) is 0.497. The second-order valence-electron chi connectivity index (χ2n) is 5.10. The number of aryl methyl sites for hydroxylation is 1. The molecular weight excluding hydrogens is 434 g/mol. The molecule has 4 nitrogen and oxygen atoms in total. The molecule has 0 aromatic heterocycles. The Labute approximate surface area is 158 Å². The van der Waals surface area contributed by atoms with E-state index in [1.54, 1.807) is 14.2 Å². The Morgan fingerprint density at radius 3 is 2.25 bits per heavy atom. The number of nitrogens with zero attached hydrogens (tertiary/aromatic N) is 1. The fourth-order valence-corrected chi connectivity index (χ4v) is 2.00. The topological polar surface area (TPSA) is 45.7 Å². The van der Waals surface area contributed by atoms with Crippen molar-refractivity contribution in [1.82, 2.24) is 10.6 Å². The minimum Gasteiger partial charge on any atom is -0.497 e. The van der Waals surface area contributed by atoms with Crippen molar-refractivity contribution in [2.45, 2.75) is 31.9 Å². The Morgan fingerprint density at radius 2 is 1.71 bits per heavy atom. The molecule has 0 aliphatic heterocycles. The van der Waals surface area contributed by atoms with Gasteiger partial charge in [0.05, 0.1) is 13.5 Å². The lowest BCUT2D eigenvalue weighted by Crippen LogP contribution is -2.39. The predicted molar refractivity (Wildman–Crippen MR) is 101 cm³/mol. The van der Waals surface area contributed by atoms with E-state index in [4.69, 9.17) is 4.74 Å². The zero-order valence-corrected chi connectivity index (χ0v) is 16.3. The monoisotopic (exact) mass is 459 g/mol. The number of guanidine groups is 1. The van der Waals surface area contributed by atoms with Gasteiger partial charge in [-0.25, -0.2) is 0 Å². The molecule has 0 saturated carbocycles. The molecule has 1 aromatic rings. The van der Waals surface area contributed by atoms with Crippen LogP contribution in [0.5, 0.6) is 5.75 Å². The van der Waals surface area contributed by atoms with Crippen molar-refractivity contribution in [3.8, 4) is 5.75 Å². The average molecular weight is 459 g/mol. The number of ether oxygens (including phenoxy) is 1. The van der Waals surface area contributed by atoms with Gasteiger partial charge in [-0.15, -0.1) is 24.0 Å². The molecule has 0 aliphatic carbocycles. The highest BCUT2D eigenvalue weighted by Crippen LogP contribution is 2.18. The van der Waals surface area contributed by atoms with Crippen molar-refractivity contribution in [2.75, 3.05) is 27.2 Å². The number of unbranched alkanes of at least 4 members (excludes halogenated alkanes) is 1. The highest BCUT2D eigenvalue weighted by Gasteiger charge is 2.26. The molecule has 0 atom stereocenters. The molecular formula is C16H25F3IN3O. The summed E-state index contributed by atoms with van der Waals surface area (Å²) < 4.78 is 41.3. The van der Waals surface area contributed by atoms with Gasteiger partial charge in [-0.05, 0) is 37.0 Å². The molecule has 138 valence electrons. The summed E-state index contributed by atoms with van der Waals surface area (Å²) in [5, 5.41) is 5.66. The number of hydrogen-bond donors (Lipinski definition) is 2. The first kappa shape index (κ1) is 22.8. The van der Waals surface area contributed by atoms with Gasteiger partial charge in [0, 0.05) is 20.1 Å². The SMILES string of the molecule is CN=C(NCCCCc1ccc(OC)cc1)NCCC(F)(F)F.I. The lowest BCUT2D eigenvalue weighted by atomic mass is 10.1. The van der Waals surface area contributed by atoms with Crippen LogP contribution in [0.15, 0.2) is 29.3 Å². The minimum atomic E-state index is -4.15. The quantitative estimate of drug-likeness (QED) is 0.270. The van der Waals surface area contributed by atoms with E-state index in [0.717, 1.165) is 25.0 Å². The zero-order chi connectivity index (χ0) is 17.1. The number of methoxy groups -OCH3 is 1. The van der Waals surface area contributed by atoms with Crippen LogP contribution in [0.1, 0.15) is 24.8 Å². The third-order valence-electron chi connectivity index (χ3n) is 3.27. The number of nitrogens with one attached hydrogen (secondary N) is 2. The van der Waals surface area contributed by atoms with Crippen LogP contribution in [0.2, 0.25) is 0 Å². The number of halogens is 4. The summed E-state index contributed by atoms with van der Waals surface area (Å²) >= 11 is 0. The van der Waals surface area contributed by atoms with E-state index in [0.29, 0.717) is 12.5 Å². The largest absolute Gasteiger partial charge is 0.497 e. The molecule has 0 saturated heterocycles. The molecule has 2 N–H and O–H groups in total. The van der Waals surface area contributed by atoms with Gasteiger partial charge >= 0.3 is 6.18 Å². The van der Waals surface area contributed by atoms with E-state index in [1.807, 2.05) is 24.3 Å². The second-order valence-corrected chi connectivity index (χ2v) is 5.10. The number of aliphatic imine (C=N–C) groups is 1. The standard InChI is InChI=1S/C16H24F3N3O.HI/c1-20-15(22-12-10-16(17,18)19)21-11-4-3-5-13-6-8-14(23-2)9-7-13;/h6-9H,3-5,10-12H2,1-2H3,(H2,20,21,22);1H. The molecule has 8 heteroatoms. The summed E-state index contributed by atoms with van der Waals surface area (Å²) in [5.41, 5.74) is 1.23. The minimum absolute atomic E-state index is 0. The molecule has 0 fully saturated rings. The summed E-state index contributed by atoms with van der Waals surface area (Å²) in [4.78, 5) is 3.90. The molecule has 0 heterocycles. The van der Waals surface area contributed by atoms with Crippen LogP contribution in [0.25, 0.3) is 0 Å². The average Bonchev–Trinajstić information content (AvgIpc) is 2.52. The summed E-state index contributed by atoms with van der Waals surface area (Å²) in [5.74, 6) is 1.24. The van der Waals surface area contributed by atoms with Crippen molar-refractivity contribution >= 4 is 29.9 Å². The van der Waals surface area contributed by atoms with Crippen LogP contribution in [0.4, 0.5) is 13.2 Å². The number of rotatable bonds is 8. The van der Waals surface area contributed by atoms with Gasteiger partial charge in [0.15, 0.2) is 5.96 Å². The van der Waals surface area contributed by atoms with Gasteiger partial charge in [0.2, 0.25) is 0 Å². The third kappa shape index (κ3) is 10.6. The first-order chi connectivity index (χ1) is 10.9. The molecule has 0 bridgehead atoms. The van der Waals surface area contributed by atoms with Crippen molar-refractivity contribution in [1.29, 1.82) is 0 Å². The van der Waals surface area contributed by atoms with Crippen LogP contribution in [0.3, 0.4) is 0 Å². The molecule has 0 unspecified atom stereocenters. The highest BCUT2D eigenvalue weighted by molar-refractivity contribution is 14.0. The Hall–Kier alpha value is -1.19. The summed E-state index contributed by atoms with van der Waals surface area (Å²) in [6, 6.07) is 7.92. The van der Waals surface area contributed by atoms with Gasteiger partial charge in [-0.3, -0.25) is 4.99 Å². The number of benzene rings is 1. The van der Waals surface area contributed by atoms with Gasteiger partial charge in [0.25, 0.3) is 0 Å². The van der Waals surface area contributed by atoms with E-state index in [9.17, 15) is 13.2 Å². The Bertz CT molecular complexity index is 478. The fourth-order valence-electron chi connectivity index (χ4n) is 2.00. The molecule has 24 heavy (non-hydrogen) atoms. The summed E-state index contributed by atoms with van der Waals surface area (Å²) in [6.07, 6.45) is -2.17. The van der Waals surface area contributed by atoms with E-state index < -0.39 is 12.6 Å². The van der Waals surface area contributed by atoms with Gasteiger partial charge in [0.1, 0.15) is 5.75 Å². The number of alkyl halides is 3. The van der Waals surface area contributed by atoms with Crippen molar-refractivity contribution in [3.05, 3.63) is 29.8 Å². The zero-order valence-electron chi connectivity index (χ0n) is 13.9. The van der Waals surface area contributed by atoms with Crippen LogP contribution >= 0.6 is 24.0 Å². The lowest BCUT2D eigenvalue weighted by Gasteiger charge is -2.12. The van der Waals surface area contributed by atoms with E-state index >= 15 is 0 Å². The maximum Gasteiger partial charge on any atom is 0.390 e. The van der Waals surface area contributed by atoms with Crippen LogP contribution in [-0.4, -0.2) is 39.4 Å². The summed E-state index contributed by atoms with van der Waals surface area (Å²) in [7, 11) is 3.18. The van der Waals surface area contributed by atoms with Crippen molar-refractivity contribution < 1.29 is 17.9 Å². The Balaban J connectivity index is 0.00000529.